The van der Waals surface area contributed by atoms with Gasteiger partial charge in [-0.05, 0) is 51.7 Å². The van der Waals surface area contributed by atoms with Crippen LogP contribution in [-0.4, -0.2) is 31.4 Å². The van der Waals surface area contributed by atoms with Crippen LogP contribution in [-0.2, 0) is 0 Å². The maximum atomic E-state index is 12.7. The van der Waals surface area contributed by atoms with Crippen molar-refractivity contribution in [3.8, 4) is 0 Å². The highest BCUT2D eigenvalue weighted by Crippen LogP contribution is 2.28. The summed E-state index contributed by atoms with van der Waals surface area (Å²) in [5.74, 6) is 0.188. The van der Waals surface area contributed by atoms with Gasteiger partial charge in [-0.2, -0.15) is 0 Å². The molecular weight excluding hydrogens is 392 g/mol. The van der Waals surface area contributed by atoms with Crippen LogP contribution in [0.15, 0.2) is 51.4 Å². The molecule has 2 aromatic carbocycles. The average Bonchev–Trinajstić information content (AvgIpc) is 2.93. The molecule has 0 aliphatic heterocycles. The second-order valence-electron chi connectivity index (χ2n) is 6.80. The number of nitrogens with one attached hydrogen (secondary N) is 1. The molecule has 0 bridgehead atoms. The molecular formula is C21H23BrN2O2. The molecule has 0 spiro atoms. The number of fused-ring (bicyclic) bond motifs is 1. The van der Waals surface area contributed by atoms with Crippen molar-refractivity contribution < 1.29 is 9.21 Å². The molecule has 0 aliphatic rings. The van der Waals surface area contributed by atoms with Crippen LogP contribution in [0.1, 0.15) is 33.3 Å². The molecule has 1 amide bonds. The van der Waals surface area contributed by atoms with E-state index in [0.29, 0.717) is 12.3 Å². The summed E-state index contributed by atoms with van der Waals surface area (Å²) in [4.78, 5) is 14.8. The zero-order chi connectivity index (χ0) is 18.8. The van der Waals surface area contributed by atoms with Crippen LogP contribution in [0.5, 0.6) is 0 Å². The SMILES string of the molecule is Cc1ccc([C@@H](CNC(=O)c2oc3ccc(Br)cc3c2C)N(C)C)cc1. The zero-order valence-electron chi connectivity index (χ0n) is 15.5. The maximum absolute atomic E-state index is 12.7. The highest BCUT2D eigenvalue weighted by Gasteiger charge is 2.20. The fraction of sp³-hybridized carbons (Fsp3) is 0.286. The molecule has 1 aromatic heterocycles. The Hall–Kier alpha value is -2.11. The number of likely N-dealkylation sites (N-methyl/N-ethyl adjacent to an activating group) is 1. The highest BCUT2D eigenvalue weighted by molar-refractivity contribution is 9.10. The number of amides is 1. The van der Waals surface area contributed by atoms with Gasteiger partial charge in [-0.15, -0.1) is 0 Å². The summed E-state index contributed by atoms with van der Waals surface area (Å²) in [5.41, 5.74) is 3.97. The molecule has 4 nitrogen and oxygen atoms in total. The van der Waals surface area contributed by atoms with E-state index in [4.69, 9.17) is 4.42 Å². The summed E-state index contributed by atoms with van der Waals surface area (Å²) in [6.07, 6.45) is 0. The number of nitrogens with zero attached hydrogens (tertiary/aromatic N) is 1. The van der Waals surface area contributed by atoms with E-state index >= 15 is 0 Å². The molecule has 5 heteroatoms. The summed E-state index contributed by atoms with van der Waals surface area (Å²) < 4.78 is 6.75. The van der Waals surface area contributed by atoms with E-state index in [0.717, 1.165) is 21.0 Å². The van der Waals surface area contributed by atoms with Gasteiger partial charge in [0.05, 0.1) is 6.04 Å². The van der Waals surface area contributed by atoms with Crippen molar-refractivity contribution in [2.24, 2.45) is 0 Å². The van der Waals surface area contributed by atoms with E-state index in [1.165, 1.54) is 11.1 Å². The fourth-order valence-corrected chi connectivity index (χ4v) is 3.43. The molecule has 0 radical (unpaired) electrons. The first-order chi connectivity index (χ1) is 12.4. The topological polar surface area (TPSA) is 45.5 Å². The molecule has 1 atom stereocenters. The van der Waals surface area contributed by atoms with Gasteiger partial charge in [0.15, 0.2) is 5.76 Å². The normalized spacial score (nSPS) is 12.5. The molecule has 1 N–H and O–H groups in total. The van der Waals surface area contributed by atoms with E-state index in [9.17, 15) is 4.79 Å². The Balaban J connectivity index is 1.78. The van der Waals surface area contributed by atoms with E-state index < -0.39 is 0 Å². The largest absolute Gasteiger partial charge is 0.451 e. The summed E-state index contributed by atoms with van der Waals surface area (Å²) >= 11 is 3.46. The molecule has 3 aromatic rings. The van der Waals surface area contributed by atoms with Gasteiger partial charge in [0.2, 0.25) is 0 Å². The standard InChI is InChI=1S/C21H23BrN2O2/c1-13-5-7-15(8-6-13)18(24(3)4)12-23-21(25)20-14(2)17-11-16(22)9-10-19(17)26-20/h5-11,18H,12H2,1-4H3,(H,23,25)/t18-/m1/s1. The van der Waals surface area contributed by atoms with E-state index in [-0.39, 0.29) is 11.9 Å². The van der Waals surface area contributed by atoms with Crippen molar-refractivity contribution in [1.29, 1.82) is 0 Å². The van der Waals surface area contributed by atoms with Crippen LogP contribution in [0, 0.1) is 13.8 Å². The number of aryl methyl sites for hydroxylation is 2. The smallest absolute Gasteiger partial charge is 0.287 e. The van der Waals surface area contributed by atoms with Crippen molar-refractivity contribution in [3.05, 3.63) is 69.4 Å². The molecule has 0 fully saturated rings. The van der Waals surface area contributed by atoms with Crippen LogP contribution in [0.25, 0.3) is 11.0 Å². The lowest BCUT2D eigenvalue weighted by molar-refractivity contribution is 0.0915. The minimum Gasteiger partial charge on any atom is -0.451 e. The Morgan fingerprint density at radius 2 is 1.85 bits per heavy atom. The van der Waals surface area contributed by atoms with Gasteiger partial charge < -0.3 is 14.6 Å². The van der Waals surface area contributed by atoms with Gasteiger partial charge in [0, 0.05) is 22.0 Å². The van der Waals surface area contributed by atoms with Crippen LogP contribution in [0.3, 0.4) is 0 Å². The number of hydrogen-bond acceptors (Lipinski definition) is 3. The number of halogens is 1. The number of carbonyl (C=O) groups excluding carboxylic acids is 1. The number of benzene rings is 2. The Kier molecular flexibility index (Phi) is 5.49. The molecule has 3 rings (SSSR count). The summed E-state index contributed by atoms with van der Waals surface area (Å²) in [7, 11) is 4.03. The van der Waals surface area contributed by atoms with Crippen LogP contribution in [0.2, 0.25) is 0 Å². The van der Waals surface area contributed by atoms with Crippen LogP contribution >= 0.6 is 15.9 Å². The molecule has 136 valence electrons. The van der Waals surface area contributed by atoms with Gasteiger partial charge in [-0.3, -0.25) is 4.79 Å². The molecule has 1 heterocycles. The minimum atomic E-state index is -0.186. The average molecular weight is 415 g/mol. The Bertz CT molecular complexity index is 929. The third-order valence-electron chi connectivity index (χ3n) is 4.65. The molecule has 26 heavy (non-hydrogen) atoms. The second kappa shape index (κ2) is 7.64. The monoisotopic (exact) mass is 414 g/mol. The molecule has 0 aliphatic carbocycles. The lowest BCUT2D eigenvalue weighted by atomic mass is 10.0. The Labute approximate surface area is 162 Å². The predicted octanol–water partition coefficient (Wildman–Crippen LogP) is 4.84. The quantitative estimate of drug-likeness (QED) is 0.649. The third kappa shape index (κ3) is 3.84. The Morgan fingerprint density at radius 3 is 2.50 bits per heavy atom. The van der Waals surface area contributed by atoms with Crippen molar-refractivity contribution in [1.82, 2.24) is 10.2 Å². The predicted molar refractivity (Wildman–Crippen MR) is 109 cm³/mol. The first-order valence-corrected chi connectivity index (χ1v) is 9.36. The first kappa shape index (κ1) is 18.7. The van der Waals surface area contributed by atoms with E-state index in [1.54, 1.807) is 0 Å². The van der Waals surface area contributed by atoms with Crippen LogP contribution < -0.4 is 5.32 Å². The molecule has 0 saturated carbocycles. The minimum absolute atomic E-state index is 0.0957. The van der Waals surface area contributed by atoms with Gasteiger partial charge in [-0.1, -0.05) is 45.8 Å². The fourth-order valence-electron chi connectivity index (χ4n) is 3.07. The van der Waals surface area contributed by atoms with E-state index in [1.807, 2.05) is 39.2 Å². The Morgan fingerprint density at radius 1 is 1.15 bits per heavy atom. The molecule has 0 saturated heterocycles. The van der Waals surface area contributed by atoms with Crippen molar-refractivity contribution in [3.63, 3.8) is 0 Å². The van der Waals surface area contributed by atoms with Crippen LogP contribution in [0.4, 0.5) is 0 Å². The lowest BCUT2D eigenvalue weighted by Crippen LogP contribution is -2.34. The number of hydrogen-bond donors (Lipinski definition) is 1. The first-order valence-electron chi connectivity index (χ1n) is 8.56. The van der Waals surface area contributed by atoms with Crippen molar-refractivity contribution >= 4 is 32.8 Å². The van der Waals surface area contributed by atoms with Crippen molar-refractivity contribution in [2.45, 2.75) is 19.9 Å². The maximum Gasteiger partial charge on any atom is 0.287 e. The number of rotatable bonds is 5. The van der Waals surface area contributed by atoms with Gasteiger partial charge in [0.25, 0.3) is 5.91 Å². The highest BCUT2D eigenvalue weighted by atomic mass is 79.9. The summed E-state index contributed by atoms with van der Waals surface area (Å²) in [5, 5.41) is 3.97. The van der Waals surface area contributed by atoms with Crippen molar-refractivity contribution in [2.75, 3.05) is 20.6 Å². The lowest BCUT2D eigenvalue weighted by Gasteiger charge is -2.25. The summed E-state index contributed by atoms with van der Waals surface area (Å²) in [6, 6.07) is 14.2. The number of furan rings is 1. The molecule has 0 unspecified atom stereocenters. The second-order valence-corrected chi connectivity index (χ2v) is 7.71. The number of carbonyl (C=O) groups is 1. The van der Waals surface area contributed by atoms with Gasteiger partial charge >= 0.3 is 0 Å². The van der Waals surface area contributed by atoms with Gasteiger partial charge in [-0.25, -0.2) is 0 Å². The summed E-state index contributed by atoms with van der Waals surface area (Å²) in [6.45, 7) is 4.49. The third-order valence-corrected chi connectivity index (χ3v) is 5.14. The van der Waals surface area contributed by atoms with E-state index in [2.05, 4.69) is 57.3 Å². The van der Waals surface area contributed by atoms with Gasteiger partial charge in [0.1, 0.15) is 5.58 Å². The zero-order valence-corrected chi connectivity index (χ0v) is 17.1.